The van der Waals surface area contributed by atoms with E-state index in [4.69, 9.17) is 11.6 Å². The van der Waals surface area contributed by atoms with Crippen LogP contribution in [0.4, 0.5) is 5.95 Å². The number of hydrogen-bond donors (Lipinski definition) is 2. The molecule has 3 aromatic rings. The molecular weight excluding hydrogens is 314 g/mol. The summed E-state index contributed by atoms with van der Waals surface area (Å²) in [7, 11) is 0. The molecule has 1 aromatic heterocycles. The third kappa shape index (κ3) is 2.17. The van der Waals surface area contributed by atoms with Crippen LogP contribution < -0.4 is 5.32 Å². The summed E-state index contributed by atoms with van der Waals surface area (Å²) >= 11 is 6.34. The van der Waals surface area contributed by atoms with Crippen molar-refractivity contribution in [2.24, 2.45) is 0 Å². The summed E-state index contributed by atoms with van der Waals surface area (Å²) in [6, 6.07) is 14.8. The second-order valence-corrected chi connectivity index (χ2v) is 5.68. The number of imidazole rings is 1. The minimum atomic E-state index is -1.03. The van der Waals surface area contributed by atoms with Crippen molar-refractivity contribution in [1.29, 1.82) is 0 Å². The number of aromatic nitrogens is 2. The van der Waals surface area contributed by atoms with Crippen LogP contribution in [-0.4, -0.2) is 20.6 Å². The zero-order chi connectivity index (χ0) is 16.0. The Bertz CT molecular complexity index is 961. The Kier molecular flexibility index (Phi) is 3.09. The first-order valence-corrected chi connectivity index (χ1v) is 7.46. The maximum atomic E-state index is 11.4. The molecule has 1 atom stereocenters. The van der Waals surface area contributed by atoms with Gasteiger partial charge < -0.3 is 10.4 Å². The van der Waals surface area contributed by atoms with E-state index in [1.807, 2.05) is 47.0 Å². The maximum absolute atomic E-state index is 11.4. The van der Waals surface area contributed by atoms with E-state index in [1.54, 1.807) is 12.1 Å². The molecule has 23 heavy (non-hydrogen) atoms. The molecular formula is C17H12ClN3O2. The van der Waals surface area contributed by atoms with Gasteiger partial charge in [0.25, 0.3) is 0 Å². The smallest absolute Gasteiger partial charge is 0.352 e. The van der Waals surface area contributed by atoms with E-state index in [9.17, 15) is 9.90 Å². The highest BCUT2D eigenvalue weighted by molar-refractivity contribution is 6.31. The first-order valence-electron chi connectivity index (χ1n) is 7.08. The lowest BCUT2D eigenvalue weighted by atomic mass is 10.0. The second-order valence-electron chi connectivity index (χ2n) is 5.27. The predicted molar refractivity (Wildman–Crippen MR) is 88.7 cm³/mol. The first kappa shape index (κ1) is 13.8. The summed E-state index contributed by atoms with van der Waals surface area (Å²) in [4.78, 5) is 15.9. The van der Waals surface area contributed by atoms with E-state index in [0.29, 0.717) is 11.0 Å². The number of aliphatic carboxylic acids is 1. The number of fused-ring (bicyclic) bond motifs is 3. The van der Waals surface area contributed by atoms with Crippen molar-refractivity contribution in [1.82, 2.24) is 9.55 Å². The summed E-state index contributed by atoms with van der Waals surface area (Å²) in [5.74, 6) is -0.531. The highest BCUT2D eigenvalue weighted by atomic mass is 35.5. The van der Waals surface area contributed by atoms with Crippen LogP contribution >= 0.6 is 11.6 Å². The van der Waals surface area contributed by atoms with E-state index in [1.165, 1.54) is 0 Å². The molecule has 0 bridgehead atoms. The summed E-state index contributed by atoms with van der Waals surface area (Å²) in [5.41, 5.74) is 2.64. The predicted octanol–water partition coefficient (Wildman–Crippen LogP) is 3.67. The molecule has 2 aromatic carbocycles. The van der Waals surface area contributed by atoms with Gasteiger partial charge in [0.05, 0.1) is 17.1 Å². The fourth-order valence-corrected chi connectivity index (χ4v) is 3.12. The molecule has 2 N–H and O–H groups in total. The third-order valence-corrected chi connectivity index (χ3v) is 4.24. The van der Waals surface area contributed by atoms with Gasteiger partial charge in [0.15, 0.2) is 0 Å². The number of nitrogens with one attached hydrogen (secondary N) is 1. The lowest BCUT2D eigenvalue weighted by Crippen LogP contribution is -2.23. The fourth-order valence-electron chi connectivity index (χ4n) is 2.88. The number of halogens is 1. The van der Waals surface area contributed by atoms with Gasteiger partial charge in [-0.25, -0.2) is 9.78 Å². The zero-order valence-electron chi connectivity index (χ0n) is 11.9. The first-order chi connectivity index (χ1) is 11.1. The van der Waals surface area contributed by atoms with E-state index >= 15 is 0 Å². The Labute approximate surface area is 136 Å². The molecule has 4 rings (SSSR count). The van der Waals surface area contributed by atoms with E-state index < -0.39 is 5.97 Å². The Morgan fingerprint density at radius 1 is 1.17 bits per heavy atom. The summed E-state index contributed by atoms with van der Waals surface area (Å²) in [5, 5.41) is 12.8. The topological polar surface area (TPSA) is 67.1 Å². The highest BCUT2D eigenvalue weighted by Crippen LogP contribution is 2.36. The standard InChI is InChI=1S/C17H12ClN3O2/c18-11-6-2-1-5-10(11)15-9-13(16(22)23)20-17-19-12-7-3-4-8-14(12)21(15)17/h1-9,15H,(H,19,20)(H,22,23)/t15-/m1/s1. The number of rotatable bonds is 2. The highest BCUT2D eigenvalue weighted by Gasteiger charge is 2.28. The van der Waals surface area contributed by atoms with E-state index in [-0.39, 0.29) is 11.7 Å². The average molecular weight is 326 g/mol. The number of carboxylic acids is 1. The summed E-state index contributed by atoms with van der Waals surface area (Å²) < 4.78 is 1.96. The Hall–Kier alpha value is -2.79. The van der Waals surface area contributed by atoms with Gasteiger partial charge in [0, 0.05) is 5.02 Å². The molecule has 0 spiro atoms. The molecule has 0 aliphatic carbocycles. The van der Waals surface area contributed by atoms with Crippen molar-refractivity contribution in [2.45, 2.75) is 6.04 Å². The number of benzene rings is 2. The lowest BCUT2D eigenvalue weighted by Gasteiger charge is -2.25. The zero-order valence-corrected chi connectivity index (χ0v) is 12.7. The van der Waals surface area contributed by atoms with Crippen LogP contribution in [0.25, 0.3) is 11.0 Å². The molecule has 0 saturated carbocycles. The van der Waals surface area contributed by atoms with Crippen molar-refractivity contribution in [3.05, 3.63) is 70.9 Å². The molecule has 1 aliphatic rings. The minimum absolute atomic E-state index is 0.0951. The molecule has 1 aliphatic heterocycles. The van der Waals surface area contributed by atoms with Gasteiger partial charge >= 0.3 is 5.97 Å². The van der Waals surface area contributed by atoms with Crippen molar-refractivity contribution < 1.29 is 9.90 Å². The lowest BCUT2D eigenvalue weighted by molar-refractivity contribution is -0.132. The molecule has 5 nitrogen and oxygen atoms in total. The Balaban J connectivity index is 2.00. The SMILES string of the molecule is O=C(O)C1=C[C@H](c2ccccc2Cl)n2c(nc3ccccc32)N1. The third-order valence-electron chi connectivity index (χ3n) is 3.90. The van der Waals surface area contributed by atoms with Gasteiger partial charge in [-0.15, -0.1) is 0 Å². The monoisotopic (exact) mass is 325 g/mol. The van der Waals surface area contributed by atoms with Crippen LogP contribution in [-0.2, 0) is 4.79 Å². The van der Waals surface area contributed by atoms with Crippen molar-refractivity contribution in [2.75, 3.05) is 5.32 Å². The molecule has 6 heteroatoms. The minimum Gasteiger partial charge on any atom is -0.477 e. The normalized spacial score (nSPS) is 16.6. The molecule has 0 saturated heterocycles. The Morgan fingerprint density at radius 3 is 2.70 bits per heavy atom. The average Bonchev–Trinajstić information content (AvgIpc) is 2.93. The van der Waals surface area contributed by atoms with Crippen LogP contribution in [0.5, 0.6) is 0 Å². The molecule has 0 radical (unpaired) electrons. The number of carbonyl (C=O) groups is 1. The van der Waals surface area contributed by atoms with Gasteiger partial charge in [0.1, 0.15) is 5.70 Å². The van der Waals surface area contributed by atoms with Crippen LogP contribution in [0.1, 0.15) is 11.6 Å². The fraction of sp³-hybridized carbons (Fsp3) is 0.0588. The van der Waals surface area contributed by atoms with Gasteiger partial charge in [0.2, 0.25) is 5.95 Å². The number of hydrogen-bond acceptors (Lipinski definition) is 3. The second kappa shape index (κ2) is 5.14. The van der Waals surface area contributed by atoms with Crippen LogP contribution in [0.3, 0.4) is 0 Å². The summed E-state index contributed by atoms with van der Waals surface area (Å²) in [6.45, 7) is 0. The molecule has 114 valence electrons. The van der Waals surface area contributed by atoms with Crippen molar-refractivity contribution >= 4 is 34.6 Å². The van der Waals surface area contributed by atoms with Crippen LogP contribution in [0, 0.1) is 0 Å². The number of para-hydroxylation sites is 2. The number of anilines is 1. The Morgan fingerprint density at radius 2 is 1.91 bits per heavy atom. The number of nitrogens with zero attached hydrogens (tertiary/aromatic N) is 2. The molecule has 0 amide bonds. The van der Waals surface area contributed by atoms with E-state index in [2.05, 4.69) is 10.3 Å². The van der Waals surface area contributed by atoms with Crippen LogP contribution in [0.2, 0.25) is 5.02 Å². The number of carboxylic acid groups (broad SMARTS) is 1. The molecule has 0 unspecified atom stereocenters. The van der Waals surface area contributed by atoms with Crippen molar-refractivity contribution in [3.63, 3.8) is 0 Å². The largest absolute Gasteiger partial charge is 0.477 e. The van der Waals surface area contributed by atoms with Gasteiger partial charge in [-0.2, -0.15) is 0 Å². The number of allylic oxidation sites excluding steroid dienone is 1. The molecule has 0 fully saturated rings. The van der Waals surface area contributed by atoms with Gasteiger partial charge in [-0.05, 0) is 29.8 Å². The maximum Gasteiger partial charge on any atom is 0.352 e. The van der Waals surface area contributed by atoms with Gasteiger partial charge in [-0.1, -0.05) is 41.9 Å². The molecule has 2 heterocycles. The van der Waals surface area contributed by atoms with Gasteiger partial charge in [-0.3, -0.25) is 4.57 Å². The summed E-state index contributed by atoms with van der Waals surface area (Å²) in [6.07, 6.45) is 1.66. The van der Waals surface area contributed by atoms with Crippen molar-refractivity contribution in [3.8, 4) is 0 Å². The van der Waals surface area contributed by atoms with Crippen LogP contribution in [0.15, 0.2) is 60.3 Å². The quantitative estimate of drug-likeness (QED) is 0.754. The van der Waals surface area contributed by atoms with E-state index in [0.717, 1.165) is 16.6 Å².